The molecule has 0 atom stereocenters. The van der Waals surface area contributed by atoms with E-state index in [0.29, 0.717) is 22.3 Å². The number of carbonyl (C=O) groups excluding carboxylic acids is 1. The number of aryl methyl sites for hydroxylation is 1. The Hall–Kier alpha value is -1.96. The smallest absolute Gasteiger partial charge is 0.744 e. The Balaban J connectivity index is 0.00000408. The predicted molar refractivity (Wildman–Crippen MR) is 129 cm³/mol. The van der Waals surface area contributed by atoms with E-state index < -0.39 is 10.1 Å². The Labute approximate surface area is 224 Å². The number of aromatic hydroxyl groups is 1. The first-order valence-electron chi connectivity index (χ1n) is 10.9. The molecule has 5 nitrogen and oxygen atoms in total. The maximum absolute atomic E-state index is 12.5. The molecule has 2 aromatic carbocycles. The summed E-state index contributed by atoms with van der Waals surface area (Å²) in [4.78, 5) is 12.2. The van der Waals surface area contributed by atoms with Crippen LogP contribution in [0, 0.1) is 12.8 Å². The van der Waals surface area contributed by atoms with E-state index in [2.05, 4.69) is 0 Å². The number of carbonyl (C=O) groups is 1. The minimum atomic E-state index is -4.78. The van der Waals surface area contributed by atoms with Crippen molar-refractivity contribution in [2.45, 2.75) is 52.4 Å². The summed E-state index contributed by atoms with van der Waals surface area (Å²) in [7, 11) is -4.78. The van der Waals surface area contributed by atoms with Crippen molar-refractivity contribution in [3.8, 4) is 5.75 Å². The maximum atomic E-state index is 12.5. The molecule has 0 spiro atoms. The third-order valence-electron chi connectivity index (χ3n) is 5.92. The molecule has 0 aromatic heterocycles. The van der Waals surface area contributed by atoms with Gasteiger partial charge in [-0.25, -0.2) is 8.42 Å². The Morgan fingerprint density at radius 2 is 1.56 bits per heavy atom. The average Bonchev–Trinajstić information content (AvgIpc) is 2.72. The molecule has 0 aliphatic heterocycles. The second-order valence-corrected chi connectivity index (χ2v) is 10.4. The number of hydrogen-bond acceptors (Lipinski definition) is 5. The van der Waals surface area contributed by atoms with Crippen LogP contribution < -0.4 is 29.6 Å². The first-order valence-corrected chi connectivity index (χ1v) is 12.3. The van der Waals surface area contributed by atoms with Gasteiger partial charge in [0.2, 0.25) is 0 Å². The molecule has 174 valence electrons. The van der Waals surface area contributed by atoms with Crippen LogP contribution in [-0.2, 0) is 14.9 Å². The summed E-state index contributed by atoms with van der Waals surface area (Å²) in [5.74, 6) is 0.0131. The monoisotopic (exact) mass is 488 g/mol. The molecule has 1 aliphatic carbocycles. The average molecular weight is 489 g/mol. The quantitative estimate of drug-likeness (QED) is 0.516. The van der Waals surface area contributed by atoms with Gasteiger partial charge in [-0.3, -0.25) is 4.79 Å². The molecule has 34 heavy (non-hydrogen) atoms. The van der Waals surface area contributed by atoms with Gasteiger partial charge in [0.25, 0.3) is 0 Å². The molecular formula is C27H29NaO5S. The molecule has 2 aromatic rings. The number of benzene rings is 2. The molecule has 0 unspecified atom stereocenters. The molecule has 1 N–H and O–H groups in total. The van der Waals surface area contributed by atoms with Gasteiger partial charge in [-0.05, 0) is 95.0 Å². The van der Waals surface area contributed by atoms with Crippen molar-refractivity contribution in [2.24, 2.45) is 5.92 Å². The first-order chi connectivity index (χ1) is 15.3. The number of rotatable bonds is 5. The van der Waals surface area contributed by atoms with Crippen molar-refractivity contribution < 1.29 is 52.4 Å². The Morgan fingerprint density at radius 3 is 2.12 bits per heavy atom. The zero-order chi connectivity index (χ0) is 24.7. The number of phenols is 1. The van der Waals surface area contributed by atoms with Gasteiger partial charge >= 0.3 is 29.6 Å². The molecule has 7 heteroatoms. The van der Waals surface area contributed by atoms with Crippen LogP contribution in [-0.4, -0.2) is 23.9 Å². The van der Waals surface area contributed by atoms with Crippen molar-refractivity contribution in [3.63, 3.8) is 0 Å². The summed E-state index contributed by atoms with van der Waals surface area (Å²) < 4.78 is 36.7. The van der Waals surface area contributed by atoms with E-state index in [0.717, 1.165) is 16.7 Å². The van der Waals surface area contributed by atoms with Gasteiger partial charge in [-0.2, -0.15) is 0 Å². The van der Waals surface area contributed by atoms with Crippen LogP contribution in [0.15, 0.2) is 70.2 Å². The van der Waals surface area contributed by atoms with Crippen molar-refractivity contribution in [3.05, 3.63) is 87.5 Å². The summed E-state index contributed by atoms with van der Waals surface area (Å²) in [5.41, 5.74) is 4.97. The van der Waals surface area contributed by atoms with Crippen molar-refractivity contribution >= 4 is 21.5 Å². The van der Waals surface area contributed by atoms with Gasteiger partial charge in [-0.15, -0.1) is 0 Å². The van der Waals surface area contributed by atoms with Gasteiger partial charge < -0.3 is 9.66 Å². The van der Waals surface area contributed by atoms with E-state index in [9.17, 15) is 22.9 Å². The van der Waals surface area contributed by atoms with E-state index >= 15 is 0 Å². The Morgan fingerprint density at radius 1 is 0.941 bits per heavy atom. The SMILES string of the molecule is CC1=C/C(=C(\c2cc(C)c(O)cc2C(C)C)c2ccccc2S(=O)(=O)[O-])C(C(C)C)=CC1=O.[Na+]. The molecule has 3 rings (SSSR count). The molecule has 0 fully saturated rings. The largest absolute Gasteiger partial charge is 1.00 e. The molecule has 0 bridgehead atoms. The van der Waals surface area contributed by atoms with Crippen LogP contribution in [0.2, 0.25) is 0 Å². The third kappa shape index (κ3) is 5.64. The second-order valence-electron chi connectivity index (χ2n) is 9.07. The minimum Gasteiger partial charge on any atom is -0.744 e. The topological polar surface area (TPSA) is 94.5 Å². The zero-order valence-corrected chi connectivity index (χ0v) is 23.6. The predicted octanol–water partition coefficient (Wildman–Crippen LogP) is 2.65. The van der Waals surface area contributed by atoms with Gasteiger partial charge in [0.05, 0.1) is 4.90 Å². The minimum absolute atomic E-state index is 0. The van der Waals surface area contributed by atoms with E-state index in [4.69, 9.17) is 0 Å². The Bertz CT molecular complexity index is 1330. The fourth-order valence-corrected chi connectivity index (χ4v) is 4.82. The maximum Gasteiger partial charge on any atom is 1.00 e. The standard InChI is InChI=1S/C27H30O5S.Na/c1-15(2)20-13-24(28)17(5)11-22(20)27(19-9-7-8-10-26(19)33(30,31)32)23-12-18(6)25(29)14-21(23)16(3)4;/h7-16,28H,1-6H3,(H,30,31,32);/q;+1/p-1/b27-23+;. The second kappa shape index (κ2) is 10.8. The van der Waals surface area contributed by atoms with Crippen molar-refractivity contribution in [1.82, 2.24) is 0 Å². The third-order valence-corrected chi connectivity index (χ3v) is 6.82. The number of phenolic OH excluding ortho intramolecular Hbond substituents is 1. The fraction of sp³-hybridized carbons (Fsp3) is 0.296. The summed E-state index contributed by atoms with van der Waals surface area (Å²) >= 11 is 0. The number of allylic oxidation sites excluding steroid dienone is 5. The normalized spacial score (nSPS) is 15.7. The van der Waals surface area contributed by atoms with Gasteiger partial charge in [0.15, 0.2) is 5.78 Å². The van der Waals surface area contributed by atoms with Crippen LogP contribution >= 0.6 is 0 Å². The summed E-state index contributed by atoms with van der Waals surface area (Å²) in [6, 6.07) is 9.65. The Kier molecular flexibility index (Phi) is 8.94. The first kappa shape index (κ1) is 28.3. The van der Waals surface area contributed by atoms with Crippen LogP contribution in [0.4, 0.5) is 0 Å². The van der Waals surface area contributed by atoms with Gasteiger partial charge in [0, 0.05) is 5.56 Å². The van der Waals surface area contributed by atoms with E-state index in [1.165, 1.54) is 12.1 Å². The van der Waals surface area contributed by atoms with Crippen molar-refractivity contribution in [2.75, 3.05) is 0 Å². The van der Waals surface area contributed by atoms with Crippen LogP contribution in [0.1, 0.15) is 62.8 Å². The van der Waals surface area contributed by atoms with E-state index in [1.54, 1.807) is 44.2 Å². The summed E-state index contributed by atoms with van der Waals surface area (Å²) in [5, 5.41) is 10.4. The van der Waals surface area contributed by atoms with Crippen molar-refractivity contribution in [1.29, 1.82) is 0 Å². The van der Waals surface area contributed by atoms with Gasteiger partial charge in [-0.1, -0.05) is 45.9 Å². The molecular weight excluding hydrogens is 459 g/mol. The molecule has 0 saturated carbocycles. The number of ketones is 1. The van der Waals surface area contributed by atoms with Crippen LogP contribution in [0.25, 0.3) is 5.57 Å². The van der Waals surface area contributed by atoms with E-state index in [1.807, 2.05) is 33.8 Å². The summed E-state index contributed by atoms with van der Waals surface area (Å²) in [6.45, 7) is 11.4. The van der Waals surface area contributed by atoms with Crippen LogP contribution in [0.5, 0.6) is 5.75 Å². The summed E-state index contributed by atoms with van der Waals surface area (Å²) in [6.07, 6.45) is 3.36. The number of hydrogen-bond donors (Lipinski definition) is 1. The molecule has 0 saturated heterocycles. The zero-order valence-electron chi connectivity index (χ0n) is 20.8. The molecule has 0 radical (unpaired) electrons. The molecule has 1 aliphatic rings. The molecule has 0 heterocycles. The van der Waals surface area contributed by atoms with E-state index in [-0.39, 0.29) is 63.4 Å². The fourth-order valence-electron chi connectivity index (χ4n) is 4.13. The van der Waals surface area contributed by atoms with Gasteiger partial charge in [0.1, 0.15) is 15.9 Å². The molecule has 0 amide bonds. The van der Waals surface area contributed by atoms with Crippen LogP contribution in [0.3, 0.4) is 0 Å².